The number of hydrogen-bond donors (Lipinski definition) is 2. The summed E-state index contributed by atoms with van der Waals surface area (Å²) in [6.07, 6.45) is 0. The quantitative estimate of drug-likeness (QED) is 0.353. The van der Waals surface area contributed by atoms with E-state index in [9.17, 15) is 0 Å². The van der Waals surface area contributed by atoms with Gasteiger partial charge in [0.1, 0.15) is 5.69 Å². The van der Waals surface area contributed by atoms with Crippen molar-refractivity contribution in [3.63, 3.8) is 0 Å². The summed E-state index contributed by atoms with van der Waals surface area (Å²) < 4.78 is 0. The minimum Gasteiger partial charge on any atom is -0.409 e. The Bertz CT molecular complexity index is 464. The molecule has 0 saturated carbocycles. The predicted molar refractivity (Wildman–Crippen MR) is 69.8 cm³/mol. The van der Waals surface area contributed by atoms with Crippen molar-refractivity contribution in [1.29, 1.82) is 0 Å². The highest BCUT2D eigenvalue weighted by atomic mass is 16.4. The number of aryl methyl sites for hydroxylation is 1. The van der Waals surface area contributed by atoms with Gasteiger partial charge in [-0.1, -0.05) is 19.0 Å². The van der Waals surface area contributed by atoms with Crippen molar-refractivity contribution in [2.45, 2.75) is 20.8 Å². The highest BCUT2D eigenvalue weighted by molar-refractivity contribution is 5.95. The first kappa shape index (κ1) is 12.6. The maximum atomic E-state index is 8.71. The lowest BCUT2D eigenvalue weighted by Gasteiger charge is -2.17. The zero-order chi connectivity index (χ0) is 13.3. The number of rotatable bonds is 2. The van der Waals surface area contributed by atoms with Gasteiger partial charge in [-0.15, -0.1) is 0 Å². The minimum atomic E-state index is 0.0158. The molecule has 2 atom stereocenters. The molecule has 1 saturated heterocycles. The number of amidine groups is 1. The van der Waals surface area contributed by atoms with Crippen molar-refractivity contribution in [2.24, 2.45) is 22.7 Å². The molecule has 1 aromatic heterocycles. The van der Waals surface area contributed by atoms with Gasteiger partial charge in [-0.05, 0) is 24.8 Å². The molecule has 0 radical (unpaired) electrons. The summed E-state index contributed by atoms with van der Waals surface area (Å²) in [6, 6.07) is 1.71. The molecule has 0 aliphatic carbocycles. The van der Waals surface area contributed by atoms with E-state index in [1.807, 2.05) is 6.92 Å². The molecule has 0 amide bonds. The average Bonchev–Trinajstić information content (AvgIpc) is 2.68. The number of aromatic nitrogens is 2. The van der Waals surface area contributed by atoms with Crippen LogP contribution in [0.1, 0.15) is 25.2 Å². The van der Waals surface area contributed by atoms with Crippen LogP contribution < -0.4 is 10.6 Å². The van der Waals surface area contributed by atoms with Gasteiger partial charge < -0.3 is 15.8 Å². The van der Waals surface area contributed by atoms with Crippen LogP contribution in [0.4, 0.5) is 5.95 Å². The van der Waals surface area contributed by atoms with Crippen LogP contribution in [0, 0.1) is 18.8 Å². The van der Waals surface area contributed by atoms with Crippen molar-refractivity contribution < 1.29 is 5.21 Å². The zero-order valence-electron chi connectivity index (χ0n) is 11.0. The van der Waals surface area contributed by atoms with Crippen molar-refractivity contribution in [2.75, 3.05) is 18.0 Å². The fourth-order valence-electron chi connectivity index (χ4n) is 2.17. The minimum absolute atomic E-state index is 0.0158. The summed E-state index contributed by atoms with van der Waals surface area (Å²) >= 11 is 0. The highest BCUT2D eigenvalue weighted by Gasteiger charge is 2.28. The van der Waals surface area contributed by atoms with Gasteiger partial charge in [0.15, 0.2) is 5.84 Å². The van der Waals surface area contributed by atoms with Gasteiger partial charge in [0.05, 0.1) is 0 Å². The van der Waals surface area contributed by atoms with Crippen LogP contribution in [0.15, 0.2) is 11.2 Å². The molecule has 6 heteroatoms. The Kier molecular flexibility index (Phi) is 3.36. The van der Waals surface area contributed by atoms with E-state index in [4.69, 9.17) is 10.9 Å². The molecule has 0 bridgehead atoms. The molecule has 1 fully saturated rings. The first-order valence-electron chi connectivity index (χ1n) is 6.09. The van der Waals surface area contributed by atoms with E-state index in [2.05, 4.69) is 33.9 Å². The molecule has 1 aromatic rings. The van der Waals surface area contributed by atoms with Gasteiger partial charge in [0.25, 0.3) is 0 Å². The molecule has 6 nitrogen and oxygen atoms in total. The van der Waals surface area contributed by atoms with E-state index in [-0.39, 0.29) is 5.84 Å². The number of nitrogens with zero attached hydrogens (tertiary/aromatic N) is 4. The van der Waals surface area contributed by atoms with Crippen LogP contribution in [-0.4, -0.2) is 34.1 Å². The van der Waals surface area contributed by atoms with Gasteiger partial charge >= 0.3 is 0 Å². The normalized spacial score (nSPS) is 24.6. The molecule has 2 unspecified atom stereocenters. The zero-order valence-corrected chi connectivity index (χ0v) is 11.0. The number of anilines is 1. The topological polar surface area (TPSA) is 87.6 Å². The molecule has 18 heavy (non-hydrogen) atoms. The number of oxime groups is 1. The molecule has 2 rings (SSSR count). The molecular formula is C12H19N5O. The molecule has 98 valence electrons. The molecule has 1 aliphatic heterocycles. The van der Waals surface area contributed by atoms with Crippen LogP contribution in [0.25, 0.3) is 0 Å². The summed E-state index contributed by atoms with van der Waals surface area (Å²) in [4.78, 5) is 10.9. The van der Waals surface area contributed by atoms with E-state index >= 15 is 0 Å². The molecule has 0 spiro atoms. The third-order valence-electron chi connectivity index (χ3n) is 3.48. The second-order valence-corrected chi connectivity index (χ2v) is 5.04. The largest absolute Gasteiger partial charge is 0.409 e. The second-order valence-electron chi connectivity index (χ2n) is 5.04. The molecule has 1 aliphatic rings. The van der Waals surface area contributed by atoms with Crippen LogP contribution in [0.5, 0.6) is 0 Å². The van der Waals surface area contributed by atoms with Crippen molar-refractivity contribution in [3.8, 4) is 0 Å². The first-order chi connectivity index (χ1) is 8.51. The lowest BCUT2D eigenvalue weighted by molar-refractivity contribution is 0.318. The Labute approximate surface area is 107 Å². The van der Waals surface area contributed by atoms with E-state index < -0.39 is 0 Å². The Morgan fingerprint density at radius 2 is 2.00 bits per heavy atom. The predicted octanol–water partition coefficient (Wildman–Crippen LogP) is 0.972. The van der Waals surface area contributed by atoms with E-state index in [0.717, 1.165) is 18.8 Å². The summed E-state index contributed by atoms with van der Waals surface area (Å²) in [5.74, 6) is 1.93. The van der Waals surface area contributed by atoms with Crippen LogP contribution in [-0.2, 0) is 0 Å². The Balaban J connectivity index is 2.32. The van der Waals surface area contributed by atoms with Gasteiger partial charge in [-0.2, -0.15) is 0 Å². The van der Waals surface area contributed by atoms with Crippen molar-refractivity contribution in [3.05, 3.63) is 17.5 Å². The van der Waals surface area contributed by atoms with Crippen LogP contribution >= 0.6 is 0 Å². The summed E-state index contributed by atoms with van der Waals surface area (Å²) in [6.45, 7) is 8.22. The lowest BCUT2D eigenvalue weighted by atomic mass is 10.0. The standard InChI is InChI=1S/C12H19N5O/c1-7-5-17(6-8(7)2)12-14-9(3)4-10(15-12)11(13)16-18/h4,7-8,18H,5-6H2,1-3H3,(H2,13,16). The van der Waals surface area contributed by atoms with Crippen molar-refractivity contribution >= 4 is 11.8 Å². The Morgan fingerprint density at radius 3 is 2.56 bits per heavy atom. The Morgan fingerprint density at radius 1 is 1.39 bits per heavy atom. The highest BCUT2D eigenvalue weighted by Crippen LogP contribution is 2.25. The van der Waals surface area contributed by atoms with Crippen LogP contribution in [0.2, 0.25) is 0 Å². The SMILES string of the molecule is Cc1cc(/C(N)=N/O)nc(N2CC(C)C(C)C2)n1. The monoisotopic (exact) mass is 249 g/mol. The molecular weight excluding hydrogens is 230 g/mol. The van der Waals surface area contributed by atoms with Gasteiger partial charge in [0, 0.05) is 18.8 Å². The number of nitrogens with two attached hydrogens (primary N) is 1. The molecule has 2 heterocycles. The van der Waals surface area contributed by atoms with Crippen molar-refractivity contribution in [1.82, 2.24) is 9.97 Å². The first-order valence-corrected chi connectivity index (χ1v) is 6.09. The van der Waals surface area contributed by atoms with Crippen LogP contribution in [0.3, 0.4) is 0 Å². The summed E-state index contributed by atoms with van der Waals surface area (Å²) in [5.41, 5.74) is 6.86. The lowest BCUT2D eigenvalue weighted by Crippen LogP contribution is -2.25. The van der Waals surface area contributed by atoms with Gasteiger partial charge in [-0.3, -0.25) is 0 Å². The third kappa shape index (κ3) is 2.37. The smallest absolute Gasteiger partial charge is 0.226 e. The van der Waals surface area contributed by atoms with E-state index in [0.29, 0.717) is 23.5 Å². The summed E-state index contributed by atoms with van der Waals surface area (Å²) in [7, 11) is 0. The van der Waals surface area contributed by atoms with E-state index in [1.165, 1.54) is 0 Å². The maximum Gasteiger partial charge on any atom is 0.226 e. The number of hydrogen-bond acceptors (Lipinski definition) is 5. The van der Waals surface area contributed by atoms with E-state index in [1.54, 1.807) is 6.07 Å². The molecule has 0 aromatic carbocycles. The maximum absolute atomic E-state index is 8.71. The second kappa shape index (κ2) is 4.80. The Hall–Kier alpha value is -1.85. The fourth-order valence-corrected chi connectivity index (χ4v) is 2.17. The average molecular weight is 249 g/mol. The fraction of sp³-hybridized carbons (Fsp3) is 0.583. The van der Waals surface area contributed by atoms with Gasteiger partial charge in [-0.25, -0.2) is 9.97 Å². The molecule has 3 N–H and O–H groups in total. The summed E-state index contributed by atoms with van der Waals surface area (Å²) in [5, 5.41) is 11.7. The van der Waals surface area contributed by atoms with Gasteiger partial charge in [0.2, 0.25) is 5.95 Å². The third-order valence-corrected chi connectivity index (χ3v) is 3.48.